The molecule has 13 heavy (non-hydrogen) atoms. The van der Waals surface area contributed by atoms with E-state index in [1.807, 2.05) is 12.1 Å². The van der Waals surface area contributed by atoms with E-state index in [-0.39, 0.29) is 0 Å². The minimum Gasteiger partial charge on any atom is -0.261 e. The molecule has 0 bridgehead atoms. The van der Waals surface area contributed by atoms with Gasteiger partial charge in [0.15, 0.2) is 0 Å². The Hall–Kier alpha value is -0.860. The standard InChI is InChI=1S/C9H6Cl2N2/c10-8-4-3-6(9(11)13-8)7-2-1-5-12-7/h1,3-5H,2H2. The summed E-state index contributed by atoms with van der Waals surface area (Å²) in [5, 5.41) is 0.815. The zero-order chi connectivity index (χ0) is 9.26. The maximum absolute atomic E-state index is 5.91. The molecule has 0 fully saturated rings. The molecule has 0 atom stereocenters. The summed E-state index contributed by atoms with van der Waals surface area (Å²) >= 11 is 11.6. The van der Waals surface area contributed by atoms with Crippen LogP contribution in [0.5, 0.6) is 0 Å². The third-order valence-corrected chi connectivity index (χ3v) is 2.27. The lowest BCUT2D eigenvalue weighted by Gasteiger charge is -2.02. The van der Waals surface area contributed by atoms with Crippen molar-refractivity contribution in [3.8, 4) is 0 Å². The molecule has 1 aliphatic heterocycles. The van der Waals surface area contributed by atoms with Crippen molar-refractivity contribution < 1.29 is 0 Å². The average molecular weight is 213 g/mol. The van der Waals surface area contributed by atoms with Crippen LogP contribution in [0.15, 0.2) is 29.4 Å². The first kappa shape index (κ1) is 8.73. The Labute approximate surface area is 85.9 Å². The zero-order valence-corrected chi connectivity index (χ0v) is 8.18. The number of hydrogen-bond acceptors (Lipinski definition) is 2. The van der Waals surface area contributed by atoms with Crippen LogP contribution in [0.1, 0.15) is 12.0 Å². The van der Waals surface area contributed by atoms with E-state index in [4.69, 9.17) is 23.2 Å². The minimum absolute atomic E-state index is 0.403. The Morgan fingerprint density at radius 2 is 2.08 bits per heavy atom. The van der Waals surface area contributed by atoms with Gasteiger partial charge in [0.1, 0.15) is 10.3 Å². The third kappa shape index (κ3) is 1.74. The molecule has 0 spiro atoms. The largest absolute Gasteiger partial charge is 0.261 e. The van der Waals surface area contributed by atoms with Crippen molar-refractivity contribution in [1.29, 1.82) is 0 Å². The maximum Gasteiger partial charge on any atom is 0.139 e. The summed E-state index contributed by atoms with van der Waals surface area (Å²) in [5.74, 6) is 0. The first-order chi connectivity index (χ1) is 6.27. The molecule has 2 rings (SSSR count). The van der Waals surface area contributed by atoms with Gasteiger partial charge in [-0.3, -0.25) is 4.99 Å². The molecule has 1 aliphatic rings. The van der Waals surface area contributed by atoms with Crippen molar-refractivity contribution in [2.45, 2.75) is 6.42 Å². The Balaban J connectivity index is 2.41. The van der Waals surface area contributed by atoms with E-state index >= 15 is 0 Å². The van der Waals surface area contributed by atoms with Crippen LogP contribution in [0.2, 0.25) is 10.3 Å². The average Bonchev–Trinajstić information content (AvgIpc) is 2.56. The number of aromatic nitrogens is 1. The number of allylic oxidation sites excluding steroid dienone is 1. The summed E-state index contributed by atoms with van der Waals surface area (Å²) in [7, 11) is 0. The second-order valence-electron chi connectivity index (χ2n) is 2.64. The molecular weight excluding hydrogens is 207 g/mol. The van der Waals surface area contributed by atoms with Crippen molar-refractivity contribution in [2.75, 3.05) is 0 Å². The van der Waals surface area contributed by atoms with E-state index in [0.717, 1.165) is 17.7 Å². The third-order valence-electron chi connectivity index (χ3n) is 1.77. The lowest BCUT2D eigenvalue weighted by atomic mass is 10.1. The van der Waals surface area contributed by atoms with Gasteiger partial charge in [-0.15, -0.1) is 0 Å². The number of halogens is 2. The van der Waals surface area contributed by atoms with Gasteiger partial charge >= 0.3 is 0 Å². The molecule has 0 N–H and O–H groups in total. The van der Waals surface area contributed by atoms with Gasteiger partial charge in [0, 0.05) is 18.2 Å². The molecule has 0 saturated heterocycles. The van der Waals surface area contributed by atoms with Crippen molar-refractivity contribution >= 4 is 28.9 Å². The van der Waals surface area contributed by atoms with E-state index < -0.39 is 0 Å². The zero-order valence-electron chi connectivity index (χ0n) is 6.67. The van der Waals surface area contributed by atoms with Crippen LogP contribution in [0.3, 0.4) is 0 Å². The van der Waals surface area contributed by atoms with Crippen LogP contribution in [-0.2, 0) is 0 Å². The summed E-state index contributed by atoms with van der Waals surface area (Å²) in [6.45, 7) is 0. The quantitative estimate of drug-likeness (QED) is 0.658. The molecule has 0 radical (unpaired) electrons. The lowest BCUT2D eigenvalue weighted by Crippen LogP contribution is -1.98. The number of pyridine rings is 1. The predicted octanol–water partition coefficient (Wildman–Crippen LogP) is 3.09. The Morgan fingerprint density at radius 1 is 1.23 bits per heavy atom. The minimum atomic E-state index is 0.403. The molecule has 2 nitrogen and oxygen atoms in total. The highest BCUT2D eigenvalue weighted by Gasteiger charge is 2.10. The second kappa shape index (κ2) is 3.48. The molecule has 1 aromatic rings. The monoisotopic (exact) mass is 212 g/mol. The molecule has 0 amide bonds. The van der Waals surface area contributed by atoms with Crippen LogP contribution in [0.25, 0.3) is 0 Å². The first-order valence-corrected chi connectivity index (χ1v) is 4.57. The smallest absolute Gasteiger partial charge is 0.139 e. The van der Waals surface area contributed by atoms with E-state index in [9.17, 15) is 0 Å². The van der Waals surface area contributed by atoms with Crippen molar-refractivity contribution in [2.24, 2.45) is 4.99 Å². The molecule has 66 valence electrons. The molecule has 0 saturated carbocycles. The van der Waals surface area contributed by atoms with Gasteiger partial charge in [0.05, 0.1) is 5.71 Å². The number of aliphatic imine (C=N–C) groups is 1. The molecule has 1 aromatic heterocycles. The van der Waals surface area contributed by atoms with Crippen LogP contribution in [0, 0.1) is 0 Å². The maximum atomic E-state index is 5.91. The SMILES string of the molecule is Clc1ccc(C2=NC=CC2)c(Cl)n1. The van der Waals surface area contributed by atoms with E-state index in [1.54, 1.807) is 12.3 Å². The van der Waals surface area contributed by atoms with Gasteiger partial charge in [-0.2, -0.15) is 0 Å². The van der Waals surface area contributed by atoms with Crippen LogP contribution in [-0.4, -0.2) is 10.7 Å². The highest BCUT2D eigenvalue weighted by Crippen LogP contribution is 2.20. The summed E-state index contributed by atoms with van der Waals surface area (Å²) < 4.78 is 0. The van der Waals surface area contributed by atoms with Crippen LogP contribution >= 0.6 is 23.2 Å². The van der Waals surface area contributed by atoms with Gasteiger partial charge in [0.2, 0.25) is 0 Å². The van der Waals surface area contributed by atoms with E-state index in [1.165, 1.54) is 0 Å². The van der Waals surface area contributed by atoms with Crippen molar-refractivity contribution in [3.05, 3.63) is 40.3 Å². The van der Waals surface area contributed by atoms with Gasteiger partial charge in [-0.1, -0.05) is 29.3 Å². The number of nitrogens with zero attached hydrogens (tertiary/aromatic N) is 2. The van der Waals surface area contributed by atoms with Gasteiger partial charge < -0.3 is 0 Å². The molecule has 0 aromatic carbocycles. The molecule has 2 heterocycles. The highest BCUT2D eigenvalue weighted by molar-refractivity contribution is 6.35. The van der Waals surface area contributed by atoms with Gasteiger partial charge in [0.25, 0.3) is 0 Å². The highest BCUT2D eigenvalue weighted by atomic mass is 35.5. The van der Waals surface area contributed by atoms with E-state index in [2.05, 4.69) is 9.98 Å². The molecule has 0 aliphatic carbocycles. The van der Waals surface area contributed by atoms with E-state index in [0.29, 0.717) is 10.3 Å². The van der Waals surface area contributed by atoms with Gasteiger partial charge in [-0.05, 0) is 12.1 Å². The second-order valence-corrected chi connectivity index (χ2v) is 3.38. The molecular formula is C9H6Cl2N2. The molecule has 4 heteroatoms. The Kier molecular flexibility index (Phi) is 2.34. The Bertz CT molecular complexity index is 397. The summed E-state index contributed by atoms with van der Waals surface area (Å²) in [6, 6.07) is 3.55. The fraction of sp³-hybridized carbons (Fsp3) is 0.111. The fourth-order valence-corrected chi connectivity index (χ4v) is 1.62. The summed E-state index contributed by atoms with van der Waals surface area (Å²) in [5.41, 5.74) is 1.80. The normalized spacial score (nSPS) is 14.8. The first-order valence-electron chi connectivity index (χ1n) is 3.81. The van der Waals surface area contributed by atoms with Gasteiger partial charge in [-0.25, -0.2) is 4.98 Å². The van der Waals surface area contributed by atoms with Crippen molar-refractivity contribution in [1.82, 2.24) is 4.98 Å². The van der Waals surface area contributed by atoms with Crippen LogP contribution in [0.4, 0.5) is 0 Å². The topological polar surface area (TPSA) is 25.2 Å². The lowest BCUT2D eigenvalue weighted by molar-refractivity contribution is 1.30. The predicted molar refractivity (Wildman–Crippen MR) is 54.6 cm³/mol. The fourth-order valence-electron chi connectivity index (χ4n) is 1.17. The van der Waals surface area contributed by atoms with Crippen molar-refractivity contribution in [3.63, 3.8) is 0 Å². The van der Waals surface area contributed by atoms with Crippen LogP contribution < -0.4 is 0 Å². The summed E-state index contributed by atoms with van der Waals surface area (Å²) in [4.78, 5) is 8.11. The number of hydrogen-bond donors (Lipinski definition) is 0. The molecule has 0 unspecified atom stereocenters. The number of rotatable bonds is 1. The Morgan fingerprint density at radius 3 is 2.69 bits per heavy atom. The summed E-state index contributed by atoms with van der Waals surface area (Å²) in [6.07, 6.45) is 4.55.